The monoisotopic (exact) mass is 402 g/mol. The number of aromatic nitrogens is 1. The second kappa shape index (κ2) is 6.03. The van der Waals surface area contributed by atoms with Crippen molar-refractivity contribution in [2.45, 2.75) is 23.8 Å². The molecular formula is C24H20NOS2+. The molecule has 0 unspecified atom stereocenters. The number of benzene rings is 1. The minimum Gasteiger partial charge on any atom is -0.496 e. The zero-order valence-corrected chi connectivity index (χ0v) is 17.2. The lowest BCUT2D eigenvalue weighted by molar-refractivity contribution is -0.732. The van der Waals surface area contributed by atoms with Gasteiger partial charge in [-0.25, -0.2) is 0 Å². The molecular weight excluding hydrogens is 382 g/mol. The van der Waals surface area contributed by atoms with Gasteiger partial charge in [-0.1, -0.05) is 30.3 Å². The molecule has 0 fully saturated rings. The van der Waals surface area contributed by atoms with Crippen LogP contribution in [0, 0.1) is 0 Å². The first-order valence-corrected chi connectivity index (χ1v) is 11.4. The molecule has 28 heavy (non-hydrogen) atoms. The second-order valence-corrected chi connectivity index (χ2v) is 9.47. The zero-order valence-electron chi connectivity index (χ0n) is 15.5. The van der Waals surface area contributed by atoms with E-state index in [-0.39, 0.29) is 11.3 Å². The van der Waals surface area contributed by atoms with Gasteiger partial charge < -0.3 is 4.74 Å². The normalized spacial score (nSPS) is 21.2. The lowest BCUT2D eigenvalue weighted by Crippen LogP contribution is -2.59. The van der Waals surface area contributed by atoms with Crippen LogP contribution in [0.1, 0.15) is 45.0 Å². The van der Waals surface area contributed by atoms with Crippen LogP contribution in [0.2, 0.25) is 0 Å². The number of nitrogens with zero attached hydrogens (tertiary/aromatic N) is 1. The van der Waals surface area contributed by atoms with Crippen LogP contribution in [0.5, 0.6) is 5.75 Å². The summed E-state index contributed by atoms with van der Waals surface area (Å²) in [6.45, 7) is 0. The molecule has 1 aliphatic carbocycles. The maximum absolute atomic E-state index is 5.91. The highest BCUT2D eigenvalue weighted by atomic mass is 32.1. The first-order chi connectivity index (χ1) is 13.8. The van der Waals surface area contributed by atoms with Gasteiger partial charge in [-0.2, -0.15) is 4.57 Å². The summed E-state index contributed by atoms with van der Waals surface area (Å²) in [6, 6.07) is 22.6. The van der Waals surface area contributed by atoms with Crippen molar-refractivity contribution in [1.82, 2.24) is 0 Å². The van der Waals surface area contributed by atoms with Crippen LogP contribution in [-0.4, -0.2) is 7.11 Å². The van der Waals surface area contributed by atoms with Gasteiger partial charge in [0.25, 0.3) is 0 Å². The predicted molar refractivity (Wildman–Crippen MR) is 114 cm³/mol. The van der Waals surface area contributed by atoms with E-state index in [2.05, 4.69) is 82.2 Å². The van der Waals surface area contributed by atoms with Crippen molar-refractivity contribution in [3.63, 3.8) is 0 Å². The second-order valence-electron chi connectivity index (χ2n) is 7.57. The molecule has 0 radical (unpaired) electrons. The fourth-order valence-electron chi connectivity index (χ4n) is 5.44. The fourth-order valence-corrected chi connectivity index (χ4v) is 7.47. The van der Waals surface area contributed by atoms with E-state index in [0.717, 1.165) is 12.2 Å². The Bertz CT molecular complexity index is 1110. The number of methoxy groups -OCH3 is 1. The van der Waals surface area contributed by atoms with Crippen molar-refractivity contribution in [2.75, 3.05) is 7.11 Å². The van der Waals surface area contributed by atoms with E-state index < -0.39 is 0 Å². The number of hydrogen-bond acceptors (Lipinski definition) is 3. The van der Waals surface area contributed by atoms with Gasteiger partial charge in [0.1, 0.15) is 5.75 Å². The van der Waals surface area contributed by atoms with Crippen LogP contribution in [0.15, 0.2) is 77.6 Å². The Morgan fingerprint density at radius 3 is 2.39 bits per heavy atom. The molecule has 0 amide bonds. The lowest BCUT2D eigenvalue weighted by Gasteiger charge is -2.48. The predicted octanol–water partition coefficient (Wildman–Crippen LogP) is 5.53. The number of pyridine rings is 1. The molecule has 3 aliphatic rings. The van der Waals surface area contributed by atoms with Crippen LogP contribution in [-0.2, 0) is 5.41 Å². The molecule has 0 spiro atoms. The molecule has 3 aromatic heterocycles. The van der Waals surface area contributed by atoms with Crippen LogP contribution in [0.25, 0.3) is 0 Å². The third-order valence-corrected chi connectivity index (χ3v) is 8.55. The number of ether oxygens (including phenoxy) is 1. The highest BCUT2D eigenvalue weighted by Gasteiger charge is 2.61. The molecule has 2 atom stereocenters. The topological polar surface area (TPSA) is 13.1 Å². The molecule has 4 heteroatoms. The molecule has 138 valence electrons. The molecule has 7 rings (SSSR count). The highest BCUT2D eigenvalue weighted by molar-refractivity contribution is 7.11. The van der Waals surface area contributed by atoms with E-state index in [4.69, 9.17) is 4.74 Å². The van der Waals surface area contributed by atoms with Gasteiger partial charge in [-0.05, 0) is 29.0 Å². The largest absolute Gasteiger partial charge is 0.496 e. The Balaban J connectivity index is 1.74. The van der Waals surface area contributed by atoms with Gasteiger partial charge in [0.2, 0.25) is 0 Å². The van der Waals surface area contributed by atoms with E-state index in [9.17, 15) is 0 Å². The Labute approximate surface area is 172 Å². The van der Waals surface area contributed by atoms with Crippen LogP contribution in [0.4, 0.5) is 0 Å². The van der Waals surface area contributed by atoms with Crippen LogP contribution in [0.3, 0.4) is 0 Å². The molecule has 1 aromatic carbocycles. The molecule has 2 bridgehead atoms. The quantitative estimate of drug-likeness (QED) is 0.411. The average molecular weight is 403 g/mol. The van der Waals surface area contributed by atoms with Crippen molar-refractivity contribution in [1.29, 1.82) is 0 Å². The zero-order chi connectivity index (χ0) is 18.7. The Morgan fingerprint density at radius 1 is 0.929 bits per heavy atom. The first-order valence-electron chi connectivity index (χ1n) is 9.59. The Kier molecular flexibility index (Phi) is 3.56. The van der Waals surface area contributed by atoms with E-state index in [1.807, 2.05) is 22.7 Å². The molecule has 0 saturated heterocycles. The summed E-state index contributed by atoms with van der Waals surface area (Å²) in [5, 5.41) is 4.43. The van der Waals surface area contributed by atoms with E-state index in [1.54, 1.807) is 7.11 Å². The molecule has 4 aromatic rings. The van der Waals surface area contributed by atoms with Crippen LogP contribution >= 0.6 is 22.7 Å². The van der Waals surface area contributed by atoms with Crippen molar-refractivity contribution in [3.05, 3.63) is 104 Å². The summed E-state index contributed by atoms with van der Waals surface area (Å²) in [5.74, 6) is 1.25. The van der Waals surface area contributed by atoms with Crippen molar-refractivity contribution in [3.8, 4) is 5.75 Å². The summed E-state index contributed by atoms with van der Waals surface area (Å²) >= 11 is 3.77. The number of thiophene rings is 2. The van der Waals surface area contributed by atoms with Gasteiger partial charge in [0, 0.05) is 39.4 Å². The Hall–Kier alpha value is -2.43. The molecule has 0 saturated carbocycles. The number of hydrogen-bond donors (Lipinski definition) is 0. The smallest absolute Gasteiger partial charge is 0.190 e. The van der Waals surface area contributed by atoms with Crippen LogP contribution < -0.4 is 9.30 Å². The number of fused-ring (bicyclic) bond motifs is 1. The molecule has 0 N–H and O–H groups in total. The summed E-state index contributed by atoms with van der Waals surface area (Å²) in [6.07, 6.45) is 3.34. The van der Waals surface area contributed by atoms with Gasteiger partial charge in [0.15, 0.2) is 17.9 Å². The fraction of sp³-hybridized carbons (Fsp3) is 0.208. The third-order valence-electron chi connectivity index (χ3n) is 6.45. The lowest BCUT2D eigenvalue weighted by atomic mass is 9.57. The average Bonchev–Trinajstić information content (AvgIpc) is 3.48. The minimum absolute atomic E-state index is 0.0456. The molecule has 5 heterocycles. The summed E-state index contributed by atoms with van der Waals surface area (Å²) in [5.41, 5.74) is 4.12. The van der Waals surface area contributed by atoms with E-state index >= 15 is 0 Å². The summed E-state index contributed by atoms with van der Waals surface area (Å²) < 4.78 is 8.40. The standard InChI is InChI=1S/C24H20NOS2/c1-26-19-9-4-7-16-18-15-24(20-10-5-13-27-20,21-11-6-14-28-21)23(22(16)19)17-8-2-3-12-25(17)18/h2-14,18,23H,15H2,1H3/q+1/t18-,23-/m0/s1. The van der Waals surface area contributed by atoms with Gasteiger partial charge in [0.05, 0.1) is 18.4 Å². The van der Waals surface area contributed by atoms with Crippen molar-refractivity contribution < 1.29 is 9.30 Å². The SMILES string of the molecule is COc1cccc2c1[C@@H]1c3cccc[n+]3[C@H]2CC1(c1cccs1)c1cccs1. The van der Waals surface area contributed by atoms with Crippen molar-refractivity contribution >= 4 is 22.7 Å². The van der Waals surface area contributed by atoms with Gasteiger partial charge >= 0.3 is 0 Å². The molecule has 2 aliphatic heterocycles. The van der Waals surface area contributed by atoms with Gasteiger partial charge in [-0.15, -0.1) is 22.7 Å². The maximum Gasteiger partial charge on any atom is 0.190 e. The first kappa shape index (κ1) is 16.5. The molecule has 2 nitrogen and oxygen atoms in total. The van der Waals surface area contributed by atoms with Crippen molar-refractivity contribution in [2.24, 2.45) is 0 Å². The van der Waals surface area contributed by atoms with Gasteiger partial charge in [-0.3, -0.25) is 0 Å². The Morgan fingerprint density at radius 2 is 1.71 bits per heavy atom. The minimum atomic E-state index is -0.0456. The summed E-state index contributed by atoms with van der Waals surface area (Å²) in [7, 11) is 1.80. The number of rotatable bonds is 3. The summed E-state index contributed by atoms with van der Waals surface area (Å²) in [4.78, 5) is 2.91. The maximum atomic E-state index is 5.91. The highest BCUT2D eigenvalue weighted by Crippen LogP contribution is 2.62. The van der Waals surface area contributed by atoms with E-state index in [1.165, 1.54) is 26.6 Å². The van der Waals surface area contributed by atoms with E-state index in [0.29, 0.717) is 6.04 Å². The third kappa shape index (κ3) is 2.00.